The number of aliphatic hydroxyl groups excluding tert-OH is 2. The number of ether oxygens (including phenoxy) is 1. The molecular weight excluding hydrogens is 1290 g/mol. The van der Waals surface area contributed by atoms with E-state index in [1.165, 1.54) is 17.8 Å². The summed E-state index contributed by atoms with van der Waals surface area (Å²) in [6, 6.07) is 2.65. The Kier molecular flexibility index (Phi) is 24.2. The Labute approximate surface area is 557 Å². The standard InChI is InChI=1S/C62H90N13O14P.ClH.Co.H2O/c1-29-20-39-40(21-30(29)2)75(28-70-39)57-52(84)53(41(27-76)87-57)89-90(85,86)88-31(3)26-69-49(83)18-19-59(8)37(22-46(66)80)56-62(11)61(10,25-48(68)82)36(14-17-45(65)79)51(74-62)33(5)55-60(9,24-47(67)81)34(12-15-43(63)77)38(71-55)23-42-58(6,7)35(13-16-44(64)78)50(72-42)32(4)54(59)73-56;;;/h20-21,23,28,31,34-37,41,52-53,56-57,76,84H,12-19,22,24-27H2,1-11H3,(H15,63,64,65,66,67,68,69,71,72,73,74,77,78,79,80,81,82,83,85,86);1H;;1H2/p-2. The van der Waals surface area contributed by atoms with Crippen LogP contribution in [0.3, 0.4) is 0 Å². The number of aromatic nitrogens is 2. The van der Waals surface area contributed by atoms with E-state index in [1.54, 1.807) is 6.92 Å². The van der Waals surface area contributed by atoms with Crippen LogP contribution in [0.25, 0.3) is 16.4 Å². The first-order valence-electron chi connectivity index (χ1n) is 30.5. The van der Waals surface area contributed by atoms with Crippen LogP contribution in [0.4, 0.5) is 0 Å². The molecule has 17 N–H and O–H groups in total. The van der Waals surface area contributed by atoms with Crippen molar-refractivity contribution in [1.82, 2.24) is 14.9 Å². The number of phosphoric ester groups is 1. The van der Waals surface area contributed by atoms with Crippen LogP contribution in [-0.4, -0.2) is 133 Å². The summed E-state index contributed by atoms with van der Waals surface area (Å²) in [5, 5.41) is 30.1. The average molecular weight is 1380 g/mol. The number of aliphatic imine (C=N–C) groups is 3. The summed E-state index contributed by atoms with van der Waals surface area (Å²) in [7, 11) is -5.32. The van der Waals surface area contributed by atoms with Gasteiger partial charge in [0.1, 0.15) is 18.3 Å². The molecule has 2 fully saturated rings. The van der Waals surface area contributed by atoms with Crippen molar-refractivity contribution in [2.24, 2.45) is 94.7 Å². The van der Waals surface area contributed by atoms with Crippen LogP contribution in [0, 0.1) is 59.2 Å². The van der Waals surface area contributed by atoms with Crippen molar-refractivity contribution in [3.63, 3.8) is 0 Å². The summed E-state index contributed by atoms with van der Waals surface area (Å²) in [4.78, 5) is 128. The maximum absolute atomic E-state index is 14.4. The molecule has 6 aliphatic rings. The number of phosphoric acid groups is 1. The molecule has 517 valence electrons. The maximum atomic E-state index is 14.4. The Morgan fingerprint density at radius 3 is 1.95 bits per heavy atom. The molecule has 1 aromatic carbocycles. The quantitative estimate of drug-likeness (QED) is 0.0612. The van der Waals surface area contributed by atoms with Crippen LogP contribution in [0.2, 0.25) is 0 Å². The monoisotopic (exact) mass is 1380 g/mol. The molecule has 0 aliphatic carbocycles. The van der Waals surface area contributed by atoms with Crippen LogP contribution in [-0.2, 0) is 68.7 Å². The SMILES string of the molecule is CC1=C2N=C(C=C3N=C(C(C)=C4[N-]C(C(CC(N)=O)C4(C)CCC(=O)NCC(C)OP(=O)([O-])OC4C(CO)OC(n5cnc6cc(C)c(C)cc65)C4O)C4(C)N=C1C(CCC(N)=O)C4(C)CC(N)=O)C(CCC(N)=O)C3(C)C)C(CCC(N)=O)C2(C)CC(N)=O.Cl.O.[Co]. The fraction of sp³-hybridized carbons (Fsp3) is 0.629. The first-order valence-corrected chi connectivity index (χ1v) is 32.0. The number of nitrogens with two attached hydrogens (primary N) is 6. The number of nitrogens with zero attached hydrogens (tertiary/aromatic N) is 6. The normalized spacial score (nSPS) is 31.0. The molecule has 0 spiro atoms. The third-order valence-corrected chi connectivity index (χ3v) is 21.6. The Hall–Kier alpha value is -6.24. The number of hydrogen-bond acceptors (Lipinski definition) is 18. The molecular formula is C62H91ClCoN13O15P-2. The van der Waals surface area contributed by atoms with Gasteiger partial charge in [-0.25, -0.2) is 4.98 Å². The summed E-state index contributed by atoms with van der Waals surface area (Å²) in [5.41, 5.74) is 36.7. The van der Waals surface area contributed by atoms with Crippen molar-refractivity contribution in [1.29, 1.82) is 0 Å². The van der Waals surface area contributed by atoms with E-state index >= 15 is 0 Å². The number of benzene rings is 1. The minimum atomic E-state index is -5.32. The molecule has 7 heterocycles. The number of halogens is 1. The molecule has 6 aliphatic heterocycles. The van der Waals surface area contributed by atoms with Crippen LogP contribution < -0.4 is 44.6 Å². The van der Waals surface area contributed by atoms with Gasteiger partial charge < -0.3 is 84.0 Å². The predicted molar refractivity (Wildman–Crippen MR) is 342 cm³/mol. The van der Waals surface area contributed by atoms with Gasteiger partial charge in [0, 0.05) is 125 Å². The van der Waals surface area contributed by atoms with Crippen LogP contribution in [0.1, 0.15) is 150 Å². The molecule has 28 nitrogen and oxygen atoms in total. The number of amides is 7. The topological polar surface area (TPSA) is 496 Å². The summed E-state index contributed by atoms with van der Waals surface area (Å²) < 4.78 is 31.9. The van der Waals surface area contributed by atoms with E-state index in [0.29, 0.717) is 56.4 Å². The second-order valence-corrected chi connectivity index (χ2v) is 28.3. The van der Waals surface area contributed by atoms with Gasteiger partial charge >= 0.3 is 0 Å². The van der Waals surface area contributed by atoms with Gasteiger partial charge in [0.15, 0.2) is 6.23 Å². The molecule has 1 radical (unpaired) electrons. The van der Waals surface area contributed by atoms with Crippen LogP contribution in [0.5, 0.6) is 0 Å². The number of hydrogen-bond donors (Lipinski definition) is 9. The van der Waals surface area contributed by atoms with Gasteiger partial charge in [-0.15, -0.1) is 12.4 Å². The number of carbonyl (C=O) groups is 7. The number of allylic oxidation sites excluding steroid dienone is 6. The van der Waals surface area contributed by atoms with Crippen molar-refractivity contribution in [2.45, 2.75) is 189 Å². The Balaban J connectivity index is 0.00000523. The van der Waals surface area contributed by atoms with E-state index in [-0.39, 0.29) is 112 Å². The zero-order valence-corrected chi connectivity index (χ0v) is 57.2. The number of nitrogens with one attached hydrogen (secondary N) is 1. The van der Waals surface area contributed by atoms with Gasteiger partial charge in [0.2, 0.25) is 41.4 Å². The largest absolute Gasteiger partial charge is 0.756 e. The average Bonchev–Trinajstić information content (AvgIpc) is 1.53. The second-order valence-electron chi connectivity index (χ2n) is 27.0. The van der Waals surface area contributed by atoms with Gasteiger partial charge in [0.05, 0.1) is 41.3 Å². The zero-order valence-electron chi connectivity index (χ0n) is 54.4. The number of imidazole rings is 1. The molecule has 8 bridgehead atoms. The van der Waals surface area contributed by atoms with Crippen molar-refractivity contribution in [3.8, 4) is 0 Å². The van der Waals surface area contributed by atoms with E-state index in [2.05, 4.69) is 10.3 Å². The third kappa shape index (κ3) is 14.9. The fourth-order valence-corrected chi connectivity index (χ4v) is 16.4. The number of aliphatic hydroxyl groups is 2. The van der Waals surface area contributed by atoms with E-state index in [1.807, 2.05) is 80.5 Å². The van der Waals surface area contributed by atoms with Crippen LogP contribution >= 0.6 is 20.2 Å². The van der Waals surface area contributed by atoms with E-state index in [4.69, 9.17) is 68.5 Å². The van der Waals surface area contributed by atoms with Crippen molar-refractivity contribution in [2.75, 3.05) is 13.2 Å². The molecule has 15 unspecified atom stereocenters. The van der Waals surface area contributed by atoms with Crippen molar-refractivity contribution in [3.05, 3.63) is 69.2 Å². The first kappa shape index (κ1) is 77.5. The molecule has 0 saturated carbocycles. The number of fused-ring (bicyclic) bond motifs is 7. The second kappa shape index (κ2) is 29.0. The molecule has 2 aromatic rings. The molecule has 93 heavy (non-hydrogen) atoms. The molecule has 2 saturated heterocycles. The molecule has 31 heteroatoms. The summed E-state index contributed by atoms with van der Waals surface area (Å²) in [5.74, 6) is -7.40. The third-order valence-electron chi connectivity index (χ3n) is 20.5. The maximum Gasteiger partial charge on any atom is 0.268 e. The molecule has 15 atom stereocenters. The van der Waals surface area contributed by atoms with E-state index in [9.17, 15) is 53.2 Å². The van der Waals surface area contributed by atoms with Gasteiger partial charge in [-0.1, -0.05) is 40.7 Å². The van der Waals surface area contributed by atoms with E-state index < -0.39 is 143 Å². The van der Waals surface area contributed by atoms with Crippen LogP contribution in [0.15, 0.2) is 67.8 Å². The number of primary amides is 6. The predicted octanol–water partition coefficient (Wildman–Crippen LogP) is 2.91. The Bertz CT molecular complexity index is 3550. The minimum Gasteiger partial charge on any atom is -0.756 e. The number of rotatable bonds is 26. The summed E-state index contributed by atoms with van der Waals surface area (Å²) >= 11 is 0. The summed E-state index contributed by atoms with van der Waals surface area (Å²) in [6.07, 6.45) is -4.79. The van der Waals surface area contributed by atoms with Gasteiger partial charge in [-0.2, -0.15) is 5.70 Å². The van der Waals surface area contributed by atoms with Gasteiger partial charge in [-0.05, 0) is 119 Å². The van der Waals surface area contributed by atoms with Gasteiger partial charge in [0.25, 0.3) is 7.82 Å². The van der Waals surface area contributed by atoms with Crippen molar-refractivity contribution >= 4 is 89.7 Å². The zero-order chi connectivity index (χ0) is 66.7. The Morgan fingerprint density at radius 1 is 0.796 bits per heavy atom. The number of aryl methyl sites for hydroxylation is 2. The fourth-order valence-electron chi connectivity index (χ4n) is 15.3. The minimum absolute atomic E-state index is 0. The smallest absolute Gasteiger partial charge is 0.268 e. The Morgan fingerprint density at radius 2 is 1.38 bits per heavy atom. The molecule has 7 amide bonds. The van der Waals surface area contributed by atoms with E-state index in [0.717, 1.165) is 11.1 Å². The number of carbonyl (C=O) groups excluding carboxylic acids is 7. The van der Waals surface area contributed by atoms with Crippen molar-refractivity contribution < 1.29 is 89.3 Å². The van der Waals surface area contributed by atoms with Gasteiger partial charge in [-0.3, -0.25) is 53.1 Å². The molecule has 8 rings (SSSR count). The first-order chi connectivity index (χ1) is 41.8. The molecule has 1 aromatic heterocycles. The summed E-state index contributed by atoms with van der Waals surface area (Å²) in [6.45, 7) is 19.0.